The number of allylic oxidation sites excluding steroid dienone is 1. The van der Waals surface area contributed by atoms with E-state index < -0.39 is 0 Å². The molecule has 3 rings (SSSR count). The average molecular weight is 285 g/mol. The molecule has 2 heteroatoms. The Bertz CT molecular complexity index is 531. The second-order valence-corrected chi connectivity index (χ2v) is 7.06. The largest absolute Gasteiger partial charge is 0.378 e. The Kier molecular flexibility index (Phi) is 3.83. The monoisotopic (exact) mass is 285 g/mol. The highest BCUT2D eigenvalue weighted by atomic mass is 16.5. The van der Waals surface area contributed by atoms with Crippen molar-refractivity contribution in [2.24, 2.45) is 23.7 Å². The Morgan fingerprint density at radius 1 is 1.10 bits per heavy atom. The predicted molar refractivity (Wildman–Crippen MR) is 88.5 cm³/mol. The van der Waals surface area contributed by atoms with Crippen LogP contribution in [0.15, 0.2) is 35.9 Å². The van der Waals surface area contributed by atoms with Crippen LogP contribution in [0.2, 0.25) is 0 Å². The quantitative estimate of drug-likeness (QED) is 0.752. The fraction of sp³-hybridized carbons (Fsp3) is 0.579. The lowest BCUT2D eigenvalue weighted by Crippen LogP contribution is -2.42. The summed E-state index contributed by atoms with van der Waals surface area (Å²) in [6.07, 6.45) is 2.69. The molecule has 1 aliphatic carbocycles. The number of hydrogen-bond acceptors (Lipinski definition) is 2. The van der Waals surface area contributed by atoms with Crippen LogP contribution < -0.4 is 4.90 Å². The summed E-state index contributed by atoms with van der Waals surface area (Å²) >= 11 is 0. The molecule has 2 aliphatic rings. The van der Waals surface area contributed by atoms with Gasteiger partial charge in [-0.3, -0.25) is 0 Å². The van der Waals surface area contributed by atoms with E-state index in [1.165, 1.54) is 16.8 Å². The molecule has 0 radical (unpaired) electrons. The third-order valence-corrected chi connectivity index (χ3v) is 5.50. The van der Waals surface area contributed by atoms with E-state index in [4.69, 9.17) is 4.74 Å². The molecule has 21 heavy (non-hydrogen) atoms. The van der Waals surface area contributed by atoms with Gasteiger partial charge in [-0.1, -0.05) is 37.6 Å². The van der Waals surface area contributed by atoms with Gasteiger partial charge in [0.1, 0.15) is 0 Å². The summed E-state index contributed by atoms with van der Waals surface area (Å²) in [6, 6.07) is 8.86. The summed E-state index contributed by atoms with van der Waals surface area (Å²) in [5, 5.41) is 0. The maximum Gasteiger partial charge on any atom is 0.0892 e. The predicted octanol–water partition coefficient (Wildman–Crippen LogP) is 4.29. The molecule has 1 saturated heterocycles. The van der Waals surface area contributed by atoms with Crippen LogP contribution in [0.5, 0.6) is 0 Å². The molecule has 1 aliphatic heterocycles. The summed E-state index contributed by atoms with van der Waals surface area (Å²) in [6.45, 7) is 7.91. The summed E-state index contributed by atoms with van der Waals surface area (Å²) in [4.78, 5) is 2.14. The van der Waals surface area contributed by atoms with Gasteiger partial charge in [-0.05, 0) is 42.4 Å². The SMILES string of the molecule is CC1=C[C@H](C)[C@H]2CO[C@@H](c3ccc(N(C)C)cc3)[C@@H]1[C@H]2C. The van der Waals surface area contributed by atoms with Gasteiger partial charge in [-0.15, -0.1) is 0 Å². The number of benzene rings is 1. The van der Waals surface area contributed by atoms with Gasteiger partial charge in [-0.25, -0.2) is 0 Å². The van der Waals surface area contributed by atoms with E-state index in [2.05, 4.69) is 70.1 Å². The number of ether oxygens (including phenoxy) is 1. The van der Waals surface area contributed by atoms with Gasteiger partial charge in [0.2, 0.25) is 0 Å². The first-order chi connectivity index (χ1) is 9.99. The van der Waals surface area contributed by atoms with Crippen molar-refractivity contribution in [2.75, 3.05) is 25.6 Å². The van der Waals surface area contributed by atoms with E-state index in [1.54, 1.807) is 0 Å². The highest BCUT2D eigenvalue weighted by Crippen LogP contribution is 2.49. The van der Waals surface area contributed by atoms with E-state index in [9.17, 15) is 0 Å². The standard InChI is InChI=1S/C19H27NO/c1-12-10-13(2)18-14(3)17(12)11-21-19(18)15-6-8-16(9-7-15)20(4)5/h6-10,12,14,17-19H,11H2,1-5H3/t12-,14-,17+,18-,19-/m0/s1. The second kappa shape index (κ2) is 5.49. The van der Waals surface area contributed by atoms with E-state index in [0.717, 1.165) is 6.61 Å². The van der Waals surface area contributed by atoms with E-state index in [1.807, 2.05) is 0 Å². The first kappa shape index (κ1) is 14.6. The number of hydrogen-bond donors (Lipinski definition) is 0. The van der Waals surface area contributed by atoms with Crippen LogP contribution >= 0.6 is 0 Å². The van der Waals surface area contributed by atoms with Crippen molar-refractivity contribution in [3.05, 3.63) is 41.5 Å². The number of anilines is 1. The smallest absolute Gasteiger partial charge is 0.0892 e. The van der Waals surface area contributed by atoms with Crippen molar-refractivity contribution in [2.45, 2.75) is 26.9 Å². The zero-order chi connectivity index (χ0) is 15.1. The van der Waals surface area contributed by atoms with Crippen molar-refractivity contribution in [1.29, 1.82) is 0 Å². The molecular weight excluding hydrogens is 258 g/mol. The molecule has 0 aromatic heterocycles. The summed E-state index contributed by atoms with van der Waals surface area (Å²) in [5.41, 5.74) is 4.07. The zero-order valence-electron chi connectivity index (χ0n) is 13.8. The minimum absolute atomic E-state index is 0.219. The van der Waals surface area contributed by atoms with Gasteiger partial charge < -0.3 is 9.64 Å². The van der Waals surface area contributed by atoms with Gasteiger partial charge in [0.25, 0.3) is 0 Å². The molecule has 1 fully saturated rings. The van der Waals surface area contributed by atoms with Crippen LogP contribution in [0.25, 0.3) is 0 Å². The molecule has 2 bridgehead atoms. The molecule has 0 unspecified atom stereocenters. The minimum Gasteiger partial charge on any atom is -0.378 e. The molecular formula is C19H27NO. The number of nitrogens with zero attached hydrogens (tertiary/aromatic N) is 1. The van der Waals surface area contributed by atoms with Crippen molar-refractivity contribution in [3.63, 3.8) is 0 Å². The van der Waals surface area contributed by atoms with Gasteiger partial charge in [-0.2, -0.15) is 0 Å². The summed E-state index contributed by atoms with van der Waals surface area (Å²) in [7, 11) is 4.16. The minimum atomic E-state index is 0.219. The average Bonchev–Trinajstić information content (AvgIpc) is 2.44. The first-order valence-electron chi connectivity index (χ1n) is 8.06. The normalized spacial score (nSPS) is 35.3. The van der Waals surface area contributed by atoms with Crippen LogP contribution in [0, 0.1) is 23.7 Å². The molecule has 0 spiro atoms. The van der Waals surface area contributed by atoms with E-state index in [-0.39, 0.29) is 6.10 Å². The van der Waals surface area contributed by atoms with Crippen LogP contribution in [0.3, 0.4) is 0 Å². The molecule has 0 N–H and O–H groups in total. The van der Waals surface area contributed by atoms with Crippen LogP contribution in [-0.4, -0.2) is 20.7 Å². The molecule has 1 aromatic rings. The van der Waals surface area contributed by atoms with Gasteiger partial charge >= 0.3 is 0 Å². The number of fused-ring (bicyclic) bond motifs is 2. The Balaban J connectivity index is 1.90. The lowest BCUT2D eigenvalue weighted by atomic mass is 9.64. The first-order valence-corrected chi connectivity index (χ1v) is 8.06. The molecule has 0 saturated carbocycles. The van der Waals surface area contributed by atoms with Gasteiger partial charge in [0, 0.05) is 25.7 Å². The Morgan fingerprint density at radius 2 is 1.76 bits per heavy atom. The molecule has 1 aromatic carbocycles. The van der Waals surface area contributed by atoms with Crippen molar-refractivity contribution < 1.29 is 4.74 Å². The third-order valence-electron chi connectivity index (χ3n) is 5.50. The lowest BCUT2D eigenvalue weighted by molar-refractivity contribution is -0.0934. The second-order valence-electron chi connectivity index (χ2n) is 7.06. The molecule has 5 atom stereocenters. The lowest BCUT2D eigenvalue weighted by Gasteiger charge is -2.47. The molecule has 2 nitrogen and oxygen atoms in total. The highest BCUT2D eigenvalue weighted by Gasteiger charge is 2.43. The fourth-order valence-corrected chi connectivity index (χ4v) is 4.21. The molecule has 0 amide bonds. The van der Waals surface area contributed by atoms with Crippen LogP contribution in [0.4, 0.5) is 5.69 Å². The summed E-state index contributed by atoms with van der Waals surface area (Å²) in [5.74, 6) is 2.56. The number of rotatable bonds is 2. The Morgan fingerprint density at radius 3 is 2.38 bits per heavy atom. The third kappa shape index (κ3) is 2.50. The van der Waals surface area contributed by atoms with Crippen molar-refractivity contribution in [3.8, 4) is 0 Å². The zero-order valence-corrected chi connectivity index (χ0v) is 13.8. The molecule has 114 valence electrons. The van der Waals surface area contributed by atoms with Crippen molar-refractivity contribution in [1.82, 2.24) is 0 Å². The topological polar surface area (TPSA) is 12.5 Å². The Labute approximate surface area is 128 Å². The van der Waals surface area contributed by atoms with E-state index in [0.29, 0.717) is 23.7 Å². The Hall–Kier alpha value is -1.28. The van der Waals surface area contributed by atoms with Crippen LogP contribution in [0.1, 0.15) is 32.4 Å². The maximum atomic E-state index is 6.29. The highest BCUT2D eigenvalue weighted by molar-refractivity contribution is 5.46. The van der Waals surface area contributed by atoms with Crippen molar-refractivity contribution >= 4 is 5.69 Å². The maximum absolute atomic E-state index is 6.29. The van der Waals surface area contributed by atoms with Gasteiger partial charge in [0.05, 0.1) is 12.7 Å². The van der Waals surface area contributed by atoms with Gasteiger partial charge in [0.15, 0.2) is 0 Å². The fourth-order valence-electron chi connectivity index (χ4n) is 4.21. The van der Waals surface area contributed by atoms with Crippen LogP contribution in [-0.2, 0) is 4.74 Å². The van der Waals surface area contributed by atoms with E-state index >= 15 is 0 Å². The summed E-state index contributed by atoms with van der Waals surface area (Å²) < 4.78 is 6.29. The molecule has 1 heterocycles.